The van der Waals surface area contributed by atoms with Gasteiger partial charge in [0.25, 0.3) is 0 Å². The van der Waals surface area contributed by atoms with Crippen LogP contribution >= 0.6 is 21.6 Å². The molecule has 1 aliphatic heterocycles. The molecule has 0 aromatic rings. The first-order chi connectivity index (χ1) is 18.4. The number of carboxylic acid groups (broad SMARTS) is 3. The van der Waals surface area contributed by atoms with Gasteiger partial charge in [-0.3, -0.25) is 27.1 Å². The Bertz CT molecular complexity index is 836. The molecule has 1 fully saturated rings. The summed E-state index contributed by atoms with van der Waals surface area (Å²) in [7, 11) is 7.70. The van der Waals surface area contributed by atoms with Crippen LogP contribution in [0, 0.1) is 11.3 Å². The molecular weight excluding hydrogens is 562 g/mol. The van der Waals surface area contributed by atoms with Crippen LogP contribution in [0.4, 0.5) is 0 Å². The van der Waals surface area contributed by atoms with Gasteiger partial charge in [0, 0.05) is 35.1 Å². The van der Waals surface area contributed by atoms with Crippen molar-refractivity contribution in [1.29, 1.82) is 5.41 Å². The number of hydrogen-bond donors (Lipinski definition) is 8. The zero-order valence-corrected chi connectivity index (χ0v) is 25.5. The fourth-order valence-electron chi connectivity index (χ4n) is 2.46. The number of carbonyl (C=O) groups is 3. The van der Waals surface area contributed by atoms with Gasteiger partial charge in [0.1, 0.15) is 12.5 Å². The monoisotopic (exact) mass is 610 g/mol. The highest BCUT2D eigenvalue weighted by molar-refractivity contribution is 8.77. The van der Waals surface area contributed by atoms with Gasteiger partial charge in [-0.1, -0.05) is 46.8 Å². The fourth-order valence-corrected chi connectivity index (χ4v) is 5.49. The number of aliphatic carboxylic acids is 3. The number of hydrogen-bond acceptors (Lipinski definition) is 9. The molecule has 1 heterocycles. The molecule has 0 aliphatic carbocycles. The Kier molecular flexibility index (Phi) is 26.1. The minimum absolute atomic E-state index is 0.0150. The standard InChI is InChI=1S/C8H14O2S2.C6H14N4.C5H12N4.C4H7NO4/c9-8(10)4-2-1-3-7-5-6-11-12-7;1-10(2)4-5(7)3-6(8)9;1-3(2)4(6)9-5(7)8;5-2(4(8)9)1-3(6)7/h7H,1-6H2,(H,9,10);7H,3-4H2,1-2H3,(H3,8,9);3H,1-2H3,(H5,6,7,8,9);2H,1,5H2,(H,6,7)(H,8,9)/p+1. The topological polar surface area (TPSA) is 314 Å². The smallest absolute Gasteiger partial charge is 0.381 e. The minimum atomic E-state index is -1.43. The molecule has 2 atom stereocenters. The van der Waals surface area contributed by atoms with E-state index >= 15 is 0 Å². The zero-order valence-electron chi connectivity index (χ0n) is 23.9. The summed E-state index contributed by atoms with van der Waals surface area (Å²) in [5.41, 5.74) is 19.2. The lowest BCUT2D eigenvalue weighted by atomic mass is 10.1. The summed E-state index contributed by atoms with van der Waals surface area (Å²) in [4.78, 5) is 35.2. The van der Waals surface area contributed by atoms with Crippen molar-refractivity contribution >= 4 is 62.8 Å². The second kappa shape index (κ2) is 25.1. The van der Waals surface area contributed by atoms with E-state index in [9.17, 15) is 24.6 Å². The van der Waals surface area contributed by atoms with Crippen LogP contribution in [0.5, 0.6) is 0 Å². The highest BCUT2D eigenvalue weighted by Crippen LogP contribution is 2.39. The third kappa shape index (κ3) is 33.1. The molecule has 232 valence electrons. The van der Waals surface area contributed by atoms with E-state index in [4.69, 9.17) is 38.5 Å². The molecule has 0 aromatic carbocycles. The van der Waals surface area contributed by atoms with Crippen molar-refractivity contribution in [3.8, 4) is 0 Å². The molecule has 1 aliphatic rings. The molecule has 15 nitrogen and oxygen atoms in total. The molecule has 0 radical (unpaired) electrons. The molecule has 17 heteroatoms. The van der Waals surface area contributed by atoms with E-state index < -0.39 is 30.4 Å². The molecule has 1 saturated heterocycles. The molecule has 0 bridgehead atoms. The molecule has 0 amide bonds. The van der Waals surface area contributed by atoms with Crippen LogP contribution in [-0.4, -0.2) is 88.9 Å². The molecule has 0 saturated carbocycles. The van der Waals surface area contributed by atoms with E-state index in [1.807, 2.05) is 54.4 Å². The van der Waals surface area contributed by atoms with Crippen molar-refractivity contribution in [3.63, 3.8) is 0 Å². The van der Waals surface area contributed by atoms with Crippen LogP contribution in [0.25, 0.3) is 0 Å². The van der Waals surface area contributed by atoms with Gasteiger partial charge >= 0.3 is 11.9 Å². The molecule has 0 spiro atoms. The lowest BCUT2D eigenvalue weighted by Gasteiger charge is -2.07. The number of amidine groups is 2. The van der Waals surface area contributed by atoms with Crippen molar-refractivity contribution in [2.75, 3.05) is 26.4 Å². The predicted molar refractivity (Wildman–Crippen MR) is 155 cm³/mol. The first-order valence-electron chi connectivity index (χ1n) is 12.4. The number of carbonyl (C=O) groups excluding carboxylic acids is 2. The third-order valence-electron chi connectivity index (χ3n) is 4.41. The summed E-state index contributed by atoms with van der Waals surface area (Å²) in [6, 6.07) is -1.15. The van der Waals surface area contributed by atoms with Gasteiger partial charge in [-0.15, -0.1) is 0 Å². The summed E-state index contributed by atoms with van der Waals surface area (Å²) in [6.45, 7) is 4.46. The second-order valence-corrected chi connectivity index (χ2v) is 12.1. The van der Waals surface area contributed by atoms with Crippen molar-refractivity contribution in [1.82, 2.24) is 4.90 Å². The fraction of sp³-hybridized carbons (Fsp3) is 0.696. The number of nitrogens with one attached hydrogen (secondary N) is 1. The van der Waals surface area contributed by atoms with E-state index in [0.717, 1.165) is 18.1 Å². The molecule has 40 heavy (non-hydrogen) atoms. The van der Waals surface area contributed by atoms with Crippen LogP contribution in [0.1, 0.15) is 58.8 Å². The lowest BCUT2D eigenvalue weighted by molar-refractivity contribution is -0.436. The van der Waals surface area contributed by atoms with Crippen molar-refractivity contribution < 1.29 is 46.3 Å². The quantitative estimate of drug-likeness (QED) is 0.0419. The Morgan fingerprint density at radius 2 is 1.75 bits per heavy atom. The number of nitrogens with two attached hydrogens (primary N) is 5. The summed E-state index contributed by atoms with van der Waals surface area (Å²) >= 11 is 0. The molecule has 15 N–H and O–H groups in total. The van der Waals surface area contributed by atoms with E-state index in [2.05, 4.69) is 10.7 Å². The van der Waals surface area contributed by atoms with Crippen LogP contribution in [-0.2, 0) is 14.4 Å². The molecule has 1 rings (SSSR count). The Labute approximate surface area is 243 Å². The van der Waals surface area contributed by atoms with Gasteiger partial charge in [-0.2, -0.15) is 0 Å². The van der Waals surface area contributed by atoms with Gasteiger partial charge in [-0.05, 0) is 39.8 Å². The van der Waals surface area contributed by atoms with Crippen molar-refractivity contribution in [2.24, 2.45) is 28.1 Å². The normalized spacial score (nSPS) is 14.9. The van der Waals surface area contributed by atoms with Crippen LogP contribution in [0.2, 0.25) is 0 Å². The molecule has 0 aromatic heterocycles. The highest BCUT2D eigenvalue weighted by Gasteiger charge is 2.15. The number of aliphatic imine (C=N–C) groups is 1. The maximum absolute atomic E-state index is 10.1. The van der Waals surface area contributed by atoms with Crippen LogP contribution < -0.4 is 44.0 Å². The van der Waals surface area contributed by atoms with E-state index in [1.165, 1.54) is 18.6 Å². The number of carboxylic acids is 3. The maximum atomic E-state index is 10.1. The summed E-state index contributed by atoms with van der Waals surface area (Å²) < 4.78 is 0. The van der Waals surface area contributed by atoms with Gasteiger partial charge in [-0.25, -0.2) is 0 Å². The Hall–Kier alpha value is -2.89. The third-order valence-corrected chi connectivity index (χ3v) is 7.42. The number of rotatable bonds is 13. The number of unbranched alkanes of at least 4 members (excludes halogenated alkanes) is 1. The zero-order chi connectivity index (χ0) is 31.8. The molecular formula is C23H48N9O6S2+. The first-order valence-corrected chi connectivity index (χ1v) is 14.8. The Morgan fingerprint density at radius 3 is 2.05 bits per heavy atom. The number of guanidine groups is 1. The predicted octanol–water partition coefficient (Wildman–Crippen LogP) is -5.58. The van der Waals surface area contributed by atoms with E-state index in [0.29, 0.717) is 30.3 Å². The van der Waals surface area contributed by atoms with Gasteiger partial charge in [0.15, 0.2) is 5.84 Å². The maximum Gasteiger partial charge on any atom is 0.381 e. The van der Waals surface area contributed by atoms with Crippen molar-refractivity contribution in [3.05, 3.63) is 0 Å². The summed E-state index contributed by atoms with van der Waals surface area (Å²) in [5, 5.41) is 46.2. The minimum Gasteiger partial charge on any atom is -0.550 e. The average molecular weight is 611 g/mol. The number of nitrogens with zero attached hydrogens (tertiary/aromatic N) is 2. The SMILES string of the molecule is CC(C)C(N)=NC(N)=[NH2+].CN(C)CC(=N)CC(N)=[NH2+].O=C([O-])CCCCC1CCSS1.[NH3+]C(CC(=O)O)C(=O)[O-]. The van der Waals surface area contributed by atoms with Crippen LogP contribution in [0.3, 0.4) is 0 Å². The Morgan fingerprint density at radius 1 is 1.18 bits per heavy atom. The van der Waals surface area contributed by atoms with E-state index in [1.54, 1.807) is 0 Å². The van der Waals surface area contributed by atoms with Gasteiger partial charge in [0.2, 0.25) is 5.84 Å². The summed E-state index contributed by atoms with van der Waals surface area (Å²) in [6.07, 6.45) is 4.42. The Balaban J connectivity index is -0.000000461. The highest BCUT2D eigenvalue weighted by atomic mass is 33.1. The van der Waals surface area contributed by atoms with E-state index in [-0.39, 0.29) is 18.3 Å². The second-order valence-electron chi connectivity index (χ2n) is 9.27. The van der Waals surface area contributed by atoms with Crippen molar-refractivity contribution in [2.45, 2.75) is 70.1 Å². The lowest BCUT2D eigenvalue weighted by Crippen LogP contribution is -2.68. The van der Waals surface area contributed by atoms with Crippen LogP contribution in [0.15, 0.2) is 4.99 Å². The first kappa shape index (κ1) is 41.6. The molecule has 2 unspecified atom stereocenters. The van der Waals surface area contributed by atoms with Gasteiger partial charge < -0.3 is 46.7 Å². The average Bonchev–Trinajstić information content (AvgIpc) is 3.29. The largest absolute Gasteiger partial charge is 0.550 e. The number of quaternary nitrogens is 1. The summed E-state index contributed by atoms with van der Waals surface area (Å²) in [5.74, 6) is -1.27. The van der Waals surface area contributed by atoms with Gasteiger partial charge in [0.05, 0.1) is 12.4 Å².